The summed E-state index contributed by atoms with van der Waals surface area (Å²) < 4.78 is 56.4. The first-order valence-electron chi connectivity index (χ1n) is 16.4. The third-order valence-electron chi connectivity index (χ3n) is 10.2. The Labute approximate surface area is 277 Å². The largest absolute Gasteiger partial charge is 0.444 e. The number of aryl methyl sites for hydroxylation is 1. The summed E-state index contributed by atoms with van der Waals surface area (Å²) in [4.78, 5) is 31.6. The Morgan fingerprint density at radius 2 is 1.79 bits per heavy atom. The Hall–Kier alpha value is -3.97. The number of carbonyl (C=O) groups excluding carboxylic acids is 2. The van der Waals surface area contributed by atoms with Gasteiger partial charge in [0.05, 0.1) is 25.3 Å². The van der Waals surface area contributed by atoms with Crippen molar-refractivity contribution in [2.24, 2.45) is 12.5 Å². The van der Waals surface area contributed by atoms with Crippen LogP contribution in [0.4, 0.5) is 23.7 Å². The van der Waals surface area contributed by atoms with Gasteiger partial charge in [-0.2, -0.15) is 13.2 Å². The van der Waals surface area contributed by atoms with E-state index in [0.29, 0.717) is 50.5 Å². The van der Waals surface area contributed by atoms with Crippen molar-refractivity contribution in [2.75, 3.05) is 44.3 Å². The summed E-state index contributed by atoms with van der Waals surface area (Å²) in [5, 5.41) is 8.21. The van der Waals surface area contributed by atoms with Gasteiger partial charge in [0.15, 0.2) is 0 Å². The summed E-state index contributed by atoms with van der Waals surface area (Å²) in [6.07, 6.45) is -1.05. The molecule has 10 nitrogen and oxygen atoms in total. The number of anilines is 1. The Balaban J connectivity index is 1.06. The number of aromatic nitrogens is 3. The Morgan fingerprint density at radius 1 is 1.06 bits per heavy atom. The molecule has 3 fully saturated rings. The van der Waals surface area contributed by atoms with E-state index >= 15 is 0 Å². The van der Waals surface area contributed by atoms with Crippen LogP contribution in [0.3, 0.4) is 0 Å². The van der Waals surface area contributed by atoms with E-state index in [2.05, 4.69) is 15.1 Å². The van der Waals surface area contributed by atoms with Gasteiger partial charge >= 0.3 is 12.3 Å². The third kappa shape index (κ3) is 6.06. The fraction of sp³-hybridized carbons (Fsp3) is 0.543. The molecule has 0 radical (unpaired) electrons. The van der Waals surface area contributed by atoms with Crippen molar-refractivity contribution < 1.29 is 32.2 Å². The predicted molar refractivity (Wildman–Crippen MR) is 170 cm³/mol. The van der Waals surface area contributed by atoms with Crippen molar-refractivity contribution in [3.8, 4) is 0 Å². The van der Waals surface area contributed by atoms with Crippen LogP contribution in [0.1, 0.15) is 72.0 Å². The lowest BCUT2D eigenvalue weighted by molar-refractivity contribution is -0.138. The van der Waals surface area contributed by atoms with Crippen LogP contribution in [0.25, 0.3) is 0 Å². The summed E-state index contributed by atoms with van der Waals surface area (Å²) in [5.74, 6) is 0.367. The molecule has 13 heteroatoms. The van der Waals surface area contributed by atoms with E-state index in [0.717, 1.165) is 37.3 Å². The summed E-state index contributed by atoms with van der Waals surface area (Å²) in [6, 6.07) is 10.3. The van der Waals surface area contributed by atoms with Gasteiger partial charge in [0.1, 0.15) is 17.8 Å². The quantitative estimate of drug-likeness (QED) is 0.351. The van der Waals surface area contributed by atoms with Crippen molar-refractivity contribution in [3.63, 3.8) is 0 Å². The van der Waals surface area contributed by atoms with E-state index in [-0.39, 0.29) is 34.6 Å². The van der Waals surface area contributed by atoms with Crippen LogP contribution >= 0.6 is 0 Å². The molecule has 256 valence electrons. The molecule has 2 amide bonds. The number of hydrogen-bond donors (Lipinski definition) is 0. The van der Waals surface area contributed by atoms with Gasteiger partial charge in [0.25, 0.3) is 5.91 Å². The number of piperidine rings is 1. The molecular weight excluding hydrogens is 625 g/mol. The van der Waals surface area contributed by atoms with Crippen LogP contribution in [0.15, 0.2) is 42.7 Å². The number of ether oxygens (including phenoxy) is 2. The molecule has 0 aliphatic carbocycles. The van der Waals surface area contributed by atoms with Crippen molar-refractivity contribution in [1.82, 2.24) is 24.6 Å². The minimum absolute atomic E-state index is 0.0111. The highest BCUT2D eigenvalue weighted by atomic mass is 19.4. The molecule has 0 bridgehead atoms. The fourth-order valence-electron chi connectivity index (χ4n) is 7.59. The maximum absolute atomic E-state index is 14.5. The molecule has 1 aromatic heterocycles. The highest BCUT2D eigenvalue weighted by molar-refractivity contribution is 6.10. The third-order valence-corrected chi connectivity index (χ3v) is 10.2. The van der Waals surface area contributed by atoms with Gasteiger partial charge in [-0.15, -0.1) is 10.2 Å². The Bertz CT molecular complexity index is 1730. The normalized spacial score (nSPS) is 20.4. The Morgan fingerprint density at radius 3 is 2.40 bits per heavy atom. The van der Waals surface area contributed by atoms with Gasteiger partial charge in [-0.25, -0.2) is 4.79 Å². The average molecular weight is 667 g/mol. The minimum atomic E-state index is -4.60. The second-order valence-electron chi connectivity index (χ2n) is 15.0. The van der Waals surface area contributed by atoms with Gasteiger partial charge in [-0.1, -0.05) is 12.1 Å². The lowest BCUT2D eigenvalue weighted by Gasteiger charge is -2.54. The van der Waals surface area contributed by atoms with E-state index in [4.69, 9.17) is 9.47 Å². The number of halogens is 3. The Kier molecular flexibility index (Phi) is 7.86. The standard InChI is InChI=1S/C35H41F3N6O4/c1-32(2,3)48-31(46)43-10-8-33(9-11-43)18-42(19-33)16-23-12-26-27(28(13-23)35(36,37)38)17-44(30(26)45)25-7-5-6-24(14-25)34(20-47-21-34)15-29-40-39-22-41(29)4/h5-7,12-14,22H,8-11,15-21H2,1-4H3. The second-order valence-corrected chi connectivity index (χ2v) is 15.0. The molecule has 4 aliphatic rings. The number of fused-ring (bicyclic) bond motifs is 1. The molecular formula is C35H41F3N6O4. The summed E-state index contributed by atoms with van der Waals surface area (Å²) >= 11 is 0. The van der Waals surface area contributed by atoms with Crippen molar-refractivity contribution in [1.29, 1.82) is 0 Å². The number of rotatable bonds is 6. The van der Waals surface area contributed by atoms with Crippen molar-refractivity contribution in [2.45, 2.75) is 70.3 Å². The number of hydrogen-bond acceptors (Lipinski definition) is 7. The average Bonchev–Trinajstić information content (AvgIpc) is 3.54. The second kappa shape index (κ2) is 11.6. The maximum atomic E-state index is 14.5. The van der Waals surface area contributed by atoms with Gasteiger partial charge < -0.3 is 23.8 Å². The number of carbonyl (C=O) groups is 2. The first-order chi connectivity index (χ1) is 22.6. The molecule has 2 aromatic carbocycles. The van der Waals surface area contributed by atoms with E-state index < -0.39 is 23.2 Å². The predicted octanol–water partition coefficient (Wildman–Crippen LogP) is 5.34. The van der Waals surface area contributed by atoms with Crippen LogP contribution in [0.5, 0.6) is 0 Å². The first kappa shape index (κ1) is 32.6. The smallest absolute Gasteiger partial charge is 0.416 e. The molecule has 3 aromatic rings. The molecule has 7 rings (SSSR count). The molecule has 0 N–H and O–H groups in total. The molecule has 0 atom stereocenters. The molecule has 0 unspecified atom stereocenters. The van der Waals surface area contributed by atoms with Crippen LogP contribution in [0, 0.1) is 5.41 Å². The number of benzene rings is 2. The number of amides is 2. The topological polar surface area (TPSA) is 93.0 Å². The lowest BCUT2D eigenvalue weighted by Crippen LogP contribution is -2.60. The monoisotopic (exact) mass is 666 g/mol. The highest BCUT2D eigenvalue weighted by Gasteiger charge is 2.47. The van der Waals surface area contributed by atoms with Gasteiger partial charge in [-0.3, -0.25) is 9.69 Å². The summed E-state index contributed by atoms with van der Waals surface area (Å²) in [5.41, 5.74) is 0.444. The van der Waals surface area contributed by atoms with Gasteiger partial charge in [0, 0.05) is 62.9 Å². The zero-order valence-electron chi connectivity index (χ0n) is 27.8. The molecule has 1 spiro atoms. The SMILES string of the molecule is Cn1cnnc1CC1(c2cccc(N3Cc4c(cc(CN5CC6(CCN(C(=O)OC(C)(C)C)CC6)C5)cc4C(F)(F)F)C3=O)c2)COC1. The van der Waals surface area contributed by atoms with Gasteiger partial charge in [-0.05, 0) is 80.0 Å². The van der Waals surface area contributed by atoms with Gasteiger partial charge in [0.2, 0.25) is 0 Å². The molecule has 3 saturated heterocycles. The first-order valence-corrected chi connectivity index (χ1v) is 16.4. The van der Waals surface area contributed by atoms with Crippen LogP contribution in [-0.4, -0.2) is 81.6 Å². The van der Waals surface area contributed by atoms with E-state index in [1.807, 2.05) is 50.6 Å². The summed E-state index contributed by atoms with van der Waals surface area (Å²) in [6.45, 7) is 9.31. The number of nitrogens with zero attached hydrogens (tertiary/aromatic N) is 6. The summed E-state index contributed by atoms with van der Waals surface area (Å²) in [7, 11) is 1.88. The molecule has 0 saturated carbocycles. The van der Waals surface area contributed by atoms with Crippen molar-refractivity contribution >= 4 is 17.7 Å². The minimum Gasteiger partial charge on any atom is -0.444 e. The number of likely N-dealkylation sites (tertiary alicyclic amines) is 2. The molecule has 48 heavy (non-hydrogen) atoms. The van der Waals surface area contributed by atoms with E-state index in [1.165, 1.54) is 11.0 Å². The molecule has 4 aliphatic heterocycles. The maximum Gasteiger partial charge on any atom is 0.416 e. The van der Waals surface area contributed by atoms with Crippen molar-refractivity contribution in [3.05, 3.63) is 76.4 Å². The number of alkyl halides is 3. The zero-order chi connectivity index (χ0) is 34.1. The lowest BCUT2D eigenvalue weighted by atomic mass is 9.72. The van der Waals surface area contributed by atoms with Crippen LogP contribution in [0.2, 0.25) is 0 Å². The highest BCUT2D eigenvalue weighted by Crippen LogP contribution is 2.44. The van der Waals surface area contributed by atoms with E-state index in [9.17, 15) is 22.8 Å². The van der Waals surface area contributed by atoms with Crippen LogP contribution in [-0.2, 0) is 47.6 Å². The van der Waals surface area contributed by atoms with E-state index in [1.54, 1.807) is 23.4 Å². The van der Waals surface area contributed by atoms with Crippen LogP contribution < -0.4 is 4.90 Å². The fourth-order valence-corrected chi connectivity index (χ4v) is 7.59. The molecule has 5 heterocycles. The zero-order valence-corrected chi connectivity index (χ0v) is 27.8.